The molecule has 0 spiro atoms. The standard InChI is InChI=1S/C23H18N4O3/c1-13-6-4-5-7-18(13)26-22(28)17-12-24-21-19(20(17)23(26)29)14(2)25-27(21)15-8-10-16(30-3)11-9-15/h4-12H,1-3H3. The van der Waals surface area contributed by atoms with Gasteiger partial charge in [0.15, 0.2) is 5.65 Å². The molecule has 7 nitrogen and oxygen atoms in total. The second kappa shape index (κ2) is 6.52. The molecule has 0 bridgehead atoms. The van der Waals surface area contributed by atoms with E-state index in [0.717, 1.165) is 17.0 Å². The van der Waals surface area contributed by atoms with Crippen molar-refractivity contribution in [3.8, 4) is 11.4 Å². The van der Waals surface area contributed by atoms with E-state index in [-0.39, 0.29) is 11.8 Å². The molecule has 1 aliphatic rings. The van der Waals surface area contributed by atoms with Crippen molar-refractivity contribution >= 4 is 28.5 Å². The number of ether oxygens (including phenoxy) is 1. The Hall–Kier alpha value is -4.00. The normalized spacial score (nSPS) is 13.2. The summed E-state index contributed by atoms with van der Waals surface area (Å²) in [6, 6.07) is 14.7. The zero-order valence-electron chi connectivity index (χ0n) is 16.7. The molecular weight excluding hydrogens is 380 g/mol. The van der Waals surface area contributed by atoms with Gasteiger partial charge in [0.1, 0.15) is 5.75 Å². The molecule has 3 heterocycles. The van der Waals surface area contributed by atoms with E-state index in [2.05, 4.69) is 10.1 Å². The van der Waals surface area contributed by atoms with E-state index < -0.39 is 0 Å². The van der Waals surface area contributed by atoms with Crippen LogP contribution in [0.3, 0.4) is 0 Å². The summed E-state index contributed by atoms with van der Waals surface area (Å²) in [7, 11) is 1.61. The lowest BCUT2D eigenvalue weighted by Crippen LogP contribution is -2.30. The molecule has 0 aliphatic carbocycles. The molecule has 4 aromatic rings. The molecule has 2 amide bonds. The first-order valence-corrected chi connectivity index (χ1v) is 9.48. The summed E-state index contributed by atoms with van der Waals surface area (Å²) >= 11 is 0. The minimum absolute atomic E-state index is 0.299. The fraction of sp³-hybridized carbons (Fsp3) is 0.130. The lowest BCUT2D eigenvalue weighted by molar-refractivity contribution is 0.0926. The van der Waals surface area contributed by atoms with Crippen molar-refractivity contribution in [3.63, 3.8) is 0 Å². The van der Waals surface area contributed by atoms with Crippen molar-refractivity contribution in [2.24, 2.45) is 0 Å². The van der Waals surface area contributed by atoms with Gasteiger partial charge in [-0.15, -0.1) is 0 Å². The molecule has 0 saturated heterocycles. The van der Waals surface area contributed by atoms with Crippen LogP contribution >= 0.6 is 0 Å². The topological polar surface area (TPSA) is 77.3 Å². The van der Waals surface area contributed by atoms with Gasteiger partial charge in [-0.2, -0.15) is 5.10 Å². The highest BCUT2D eigenvalue weighted by Crippen LogP contribution is 2.35. The second-order valence-electron chi connectivity index (χ2n) is 7.17. The summed E-state index contributed by atoms with van der Waals surface area (Å²) in [6.07, 6.45) is 1.47. The number of para-hydroxylation sites is 1. The Morgan fingerprint density at radius 1 is 0.933 bits per heavy atom. The molecule has 7 heteroatoms. The third-order valence-corrected chi connectivity index (χ3v) is 5.40. The summed E-state index contributed by atoms with van der Waals surface area (Å²) in [4.78, 5) is 32.2. The van der Waals surface area contributed by atoms with Gasteiger partial charge in [0, 0.05) is 6.20 Å². The Kier molecular flexibility index (Phi) is 3.92. The van der Waals surface area contributed by atoms with Gasteiger partial charge >= 0.3 is 0 Å². The predicted octanol–water partition coefficient (Wildman–Crippen LogP) is 3.85. The first-order valence-electron chi connectivity index (χ1n) is 9.48. The molecule has 0 unspecified atom stereocenters. The zero-order valence-corrected chi connectivity index (χ0v) is 16.7. The Balaban J connectivity index is 1.70. The fourth-order valence-corrected chi connectivity index (χ4v) is 3.90. The molecule has 2 aromatic carbocycles. The van der Waals surface area contributed by atoms with E-state index in [1.165, 1.54) is 11.1 Å². The number of carbonyl (C=O) groups excluding carboxylic acids is 2. The van der Waals surface area contributed by atoms with Crippen LogP contribution in [0.5, 0.6) is 5.75 Å². The summed E-state index contributed by atoms with van der Waals surface area (Å²) < 4.78 is 6.89. The molecule has 2 aromatic heterocycles. The number of aromatic nitrogens is 3. The Morgan fingerprint density at radius 2 is 1.67 bits per heavy atom. The summed E-state index contributed by atoms with van der Waals surface area (Å²) in [6.45, 7) is 3.69. The molecule has 5 rings (SSSR count). The SMILES string of the molecule is COc1ccc(-n2nc(C)c3c4c(cnc32)C(=O)N(c2ccccc2C)C4=O)cc1. The van der Waals surface area contributed by atoms with E-state index in [9.17, 15) is 9.59 Å². The van der Waals surface area contributed by atoms with Crippen LogP contribution in [0.4, 0.5) is 5.69 Å². The number of fused-ring (bicyclic) bond motifs is 3. The van der Waals surface area contributed by atoms with Gasteiger partial charge in [-0.05, 0) is 49.7 Å². The number of hydrogen-bond donors (Lipinski definition) is 0. The highest BCUT2D eigenvalue weighted by Gasteiger charge is 2.40. The number of rotatable bonds is 3. The number of imide groups is 1. The summed E-state index contributed by atoms with van der Waals surface area (Å²) in [5, 5.41) is 5.19. The molecule has 0 radical (unpaired) electrons. The quantitative estimate of drug-likeness (QED) is 0.490. The van der Waals surface area contributed by atoms with Crippen molar-refractivity contribution < 1.29 is 14.3 Å². The number of methoxy groups -OCH3 is 1. The van der Waals surface area contributed by atoms with E-state index in [4.69, 9.17) is 4.74 Å². The van der Waals surface area contributed by atoms with Crippen LogP contribution in [0, 0.1) is 13.8 Å². The van der Waals surface area contributed by atoms with Crippen LogP contribution in [-0.2, 0) is 0 Å². The van der Waals surface area contributed by atoms with Crippen LogP contribution in [-0.4, -0.2) is 33.7 Å². The average Bonchev–Trinajstić information content (AvgIpc) is 3.23. The van der Waals surface area contributed by atoms with Gasteiger partial charge in [0.2, 0.25) is 0 Å². The van der Waals surface area contributed by atoms with Crippen molar-refractivity contribution in [2.45, 2.75) is 13.8 Å². The third-order valence-electron chi connectivity index (χ3n) is 5.40. The number of nitrogens with zero attached hydrogens (tertiary/aromatic N) is 4. The molecule has 0 atom stereocenters. The van der Waals surface area contributed by atoms with Crippen molar-refractivity contribution in [1.29, 1.82) is 0 Å². The number of amides is 2. The number of aryl methyl sites for hydroxylation is 2. The Labute approximate surface area is 172 Å². The maximum atomic E-state index is 13.4. The molecule has 0 saturated carbocycles. The van der Waals surface area contributed by atoms with Gasteiger partial charge in [-0.1, -0.05) is 18.2 Å². The highest BCUT2D eigenvalue weighted by atomic mass is 16.5. The minimum Gasteiger partial charge on any atom is -0.497 e. The second-order valence-corrected chi connectivity index (χ2v) is 7.17. The van der Waals surface area contributed by atoms with E-state index in [1.54, 1.807) is 17.9 Å². The number of anilines is 1. The lowest BCUT2D eigenvalue weighted by Gasteiger charge is -2.16. The minimum atomic E-state index is -0.365. The number of pyridine rings is 1. The zero-order chi connectivity index (χ0) is 21.0. The smallest absolute Gasteiger partial charge is 0.267 e. The van der Waals surface area contributed by atoms with Crippen LogP contribution in [0.25, 0.3) is 16.7 Å². The number of benzene rings is 2. The van der Waals surface area contributed by atoms with Crippen LogP contribution < -0.4 is 9.64 Å². The van der Waals surface area contributed by atoms with Gasteiger partial charge in [0.25, 0.3) is 11.8 Å². The van der Waals surface area contributed by atoms with Gasteiger partial charge in [0.05, 0.1) is 40.7 Å². The predicted molar refractivity (Wildman–Crippen MR) is 112 cm³/mol. The lowest BCUT2D eigenvalue weighted by atomic mass is 10.1. The highest BCUT2D eigenvalue weighted by molar-refractivity contribution is 6.37. The van der Waals surface area contributed by atoms with Crippen LogP contribution in [0.15, 0.2) is 54.7 Å². The van der Waals surface area contributed by atoms with E-state index >= 15 is 0 Å². The summed E-state index contributed by atoms with van der Waals surface area (Å²) in [5.74, 6) is 0.0137. The molecule has 30 heavy (non-hydrogen) atoms. The Bertz CT molecular complexity index is 1340. The molecular formula is C23H18N4O3. The molecule has 1 aliphatic heterocycles. The largest absolute Gasteiger partial charge is 0.497 e. The average molecular weight is 398 g/mol. The summed E-state index contributed by atoms with van der Waals surface area (Å²) in [5.41, 5.74) is 4.04. The van der Waals surface area contributed by atoms with E-state index in [0.29, 0.717) is 33.5 Å². The maximum absolute atomic E-state index is 13.4. The van der Waals surface area contributed by atoms with Crippen molar-refractivity contribution in [2.75, 3.05) is 12.0 Å². The number of hydrogen-bond acceptors (Lipinski definition) is 5. The Morgan fingerprint density at radius 3 is 2.37 bits per heavy atom. The van der Waals surface area contributed by atoms with E-state index in [1.807, 2.05) is 56.3 Å². The van der Waals surface area contributed by atoms with Crippen molar-refractivity contribution in [3.05, 3.63) is 77.1 Å². The molecule has 0 fully saturated rings. The first kappa shape index (κ1) is 18.1. The van der Waals surface area contributed by atoms with Gasteiger partial charge in [-0.3, -0.25) is 9.59 Å². The molecule has 0 N–H and O–H groups in total. The fourth-order valence-electron chi connectivity index (χ4n) is 3.90. The van der Waals surface area contributed by atoms with Crippen LogP contribution in [0.1, 0.15) is 32.0 Å². The van der Waals surface area contributed by atoms with Crippen molar-refractivity contribution in [1.82, 2.24) is 14.8 Å². The first-order chi connectivity index (χ1) is 14.5. The third kappa shape index (κ3) is 2.45. The maximum Gasteiger partial charge on any atom is 0.267 e. The monoisotopic (exact) mass is 398 g/mol. The number of carbonyl (C=O) groups is 2. The molecule has 148 valence electrons. The van der Waals surface area contributed by atoms with Gasteiger partial charge in [-0.25, -0.2) is 14.6 Å². The van der Waals surface area contributed by atoms with Crippen LogP contribution in [0.2, 0.25) is 0 Å². The van der Waals surface area contributed by atoms with Gasteiger partial charge < -0.3 is 4.74 Å².